The molecule has 1 atom stereocenters. The number of hydrogen-bond acceptors (Lipinski definition) is 5. The van der Waals surface area contributed by atoms with Gasteiger partial charge in [-0.1, -0.05) is 23.5 Å². The summed E-state index contributed by atoms with van der Waals surface area (Å²) in [6.07, 6.45) is 1.65. The first-order valence-electron chi connectivity index (χ1n) is 5.93. The SMILES string of the molecule is CC(NC(=O)CSc1cnc(N)s1)c1ccc(F)cc1. The second-order valence-corrected chi connectivity index (χ2v) is 6.48. The molecular formula is C13H14FN3OS2. The molecule has 1 aromatic carbocycles. The van der Waals surface area contributed by atoms with E-state index in [1.54, 1.807) is 18.3 Å². The van der Waals surface area contributed by atoms with Crippen LogP contribution in [0.25, 0.3) is 0 Å². The number of aromatic nitrogens is 1. The Kier molecular flexibility index (Phi) is 4.97. The normalized spacial score (nSPS) is 12.1. The van der Waals surface area contributed by atoms with Gasteiger partial charge in [-0.2, -0.15) is 0 Å². The van der Waals surface area contributed by atoms with Gasteiger partial charge in [-0.05, 0) is 24.6 Å². The van der Waals surface area contributed by atoms with Crippen molar-refractivity contribution >= 4 is 34.1 Å². The van der Waals surface area contributed by atoms with Crippen LogP contribution in [0.15, 0.2) is 34.7 Å². The van der Waals surface area contributed by atoms with Crippen LogP contribution in [0.4, 0.5) is 9.52 Å². The van der Waals surface area contributed by atoms with Crippen molar-refractivity contribution in [3.05, 3.63) is 41.8 Å². The fourth-order valence-electron chi connectivity index (χ4n) is 1.59. The molecule has 4 nitrogen and oxygen atoms in total. The Labute approximate surface area is 124 Å². The highest BCUT2D eigenvalue weighted by molar-refractivity contribution is 8.01. The number of carbonyl (C=O) groups is 1. The minimum atomic E-state index is -0.286. The van der Waals surface area contributed by atoms with E-state index in [9.17, 15) is 9.18 Å². The largest absolute Gasteiger partial charge is 0.375 e. The number of thiazole rings is 1. The lowest BCUT2D eigenvalue weighted by Crippen LogP contribution is -2.28. The van der Waals surface area contributed by atoms with Crippen LogP contribution in [-0.4, -0.2) is 16.6 Å². The maximum absolute atomic E-state index is 12.8. The fourth-order valence-corrected chi connectivity index (χ4v) is 3.16. The van der Waals surface area contributed by atoms with Gasteiger partial charge in [-0.15, -0.1) is 11.8 Å². The number of nitrogens with zero attached hydrogens (tertiary/aromatic N) is 1. The maximum atomic E-state index is 12.8. The fraction of sp³-hybridized carbons (Fsp3) is 0.231. The molecule has 0 aliphatic carbocycles. The summed E-state index contributed by atoms with van der Waals surface area (Å²) in [4.78, 5) is 15.7. The summed E-state index contributed by atoms with van der Waals surface area (Å²) >= 11 is 2.75. The second kappa shape index (κ2) is 6.71. The quantitative estimate of drug-likeness (QED) is 0.833. The first kappa shape index (κ1) is 14.8. The Hall–Kier alpha value is -1.60. The molecule has 1 aromatic heterocycles. The van der Waals surface area contributed by atoms with Crippen LogP contribution in [0.3, 0.4) is 0 Å². The molecule has 0 radical (unpaired) electrons. The number of hydrogen-bond donors (Lipinski definition) is 2. The zero-order valence-corrected chi connectivity index (χ0v) is 12.4. The molecule has 2 rings (SSSR count). The average Bonchev–Trinajstić information content (AvgIpc) is 2.83. The van der Waals surface area contributed by atoms with Gasteiger partial charge in [0.1, 0.15) is 5.82 Å². The lowest BCUT2D eigenvalue weighted by atomic mass is 10.1. The molecular weight excluding hydrogens is 297 g/mol. The van der Waals surface area contributed by atoms with Crippen LogP contribution < -0.4 is 11.1 Å². The van der Waals surface area contributed by atoms with E-state index in [-0.39, 0.29) is 17.8 Å². The predicted octanol–water partition coefficient (Wildman–Crippen LogP) is 2.83. The zero-order chi connectivity index (χ0) is 14.5. The molecule has 0 aliphatic rings. The molecule has 106 valence electrons. The number of nitrogen functional groups attached to an aromatic ring is 1. The van der Waals surface area contributed by atoms with Crippen LogP contribution in [0.2, 0.25) is 0 Å². The second-order valence-electron chi connectivity index (χ2n) is 4.15. The predicted molar refractivity (Wildman–Crippen MR) is 80.2 cm³/mol. The van der Waals surface area contributed by atoms with E-state index in [0.29, 0.717) is 10.9 Å². The molecule has 0 saturated carbocycles. The van der Waals surface area contributed by atoms with Crippen molar-refractivity contribution < 1.29 is 9.18 Å². The van der Waals surface area contributed by atoms with Gasteiger partial charge in [-0.3, -0.25) is 4.79 Å². The van der Waals surface area contributed by atoms with Gasteiger partial charge >= 0.3 is 0 Å². The lowest BCUT2D eigenvalue weighted by Gasteiger charge is -2.13. The van der Waals surface area contributed by atoms with Crippen molar-refractivity contribution in [2.45, 2.75) is 17.2 Å². The average molecular weight is 311 g/mol. The van der Waals surface area contributed by atoms with Crippen LogP contribution >= 0.6 is 23.1 Å². The first-order chi connectivity index (χ1) is 9.54. The molecule has 3 N–H and O–H groups in total. The van der Waals surface area contributed by atoms with Crippen molar-refractivity contribution in [1.29, 1.82) is 0 Å². The topological polar surface area (TPSA) is 68.0 Å². The highest BCUT2D eigenvalue weighted by Gasteiger charge is 2.10. The van der Waals surface area contributed by atoms with Crippen LogP contribution in [0.1, 0.15) is 18.5 Å². The Bertz CT molecular complexity index is 586. The van der Waals surface area contributed by atoms with Crippen molar-refractivity contribution in [2.75, 3.05) is 11.5 Å². The Morgan fingerprint density at radius 1 is 1.50 bits per heavy atom. The molecule has 1 heterocycles. The van der Waals surface area contributed by atoms with Gasteiger partial charge in [0.25, 0.3) is 0 Å². The monoisotopic (exact) mass is 311 g/mol. The summed E-state index contributed by atoms with van der Waals surface area (Å²) in [5, 5.41) is 3.36. The van der Waals surface area contributed by atoms with Crippen LogP contribution in [0, 0.1) is 5.82 Å². The summed E-state index contributed by atoms with van der Waals surface area (Å²) in [5.74, 6) is -0.0721. The van der Waals surface area contributed by atoms with Gasteiger partial charge < -0.3 is 11.1 Å². The third-order valence-electron chi connectivity index (χ3n) is 2.60. The van der Waals surface area contributed by atoms with E-state index in [0.717, 1.165) is 9.77 Å². The summed E-state index contributed by atoms with van der Waals surface area (Å²) < 4.78 is 13.7. The number of amides is 1. The molecule has 0 fully saturated rings. The number of benzene rings is 1. The molecule has 1 amide bonds. The summed E-state index contributed by atoms with van der Waals surface area (Å²) in [7, 11) is 0. The van der Waals surface area contributed by atoms with Gasteiger partial charge in [0.15, 0.2) is 5.13 Å². The van der Waals surface area contributed by atoms with E-state index in [1.165, 1.54) is 35.2 Å². The molecule has 0 spiro atoms. The Balaban J connectivity index is 1.83. The minimum Gasteiger partial charge on any atom is -0.375 e. The lowest BCUT2D eigenvalue weighted by molar-refractivity contribution is -0.119. The minimum absolute atomic E-state index is 0.0844. The van der Waals surface area contributed by atoms with Crippen molar-refractivity contribution in [3.63, 3.8) is 0 Å². The van der Waals surface area contributed by atoms with Gasteiger partial charge in [0, 0.05) is 0 Å². The summed E-state index contributed by atoms with van der Waals surface area (Å²) in [6.45, 7) is 1.86. The number of nitrogens with one attached hydrogen (secondary N) is 1. The molecule has 2 aromatic rings. The third kappa shape index (κ3) is 4.21. The van der Waals surface area contributed by atoms with E-state index >= 15 is 0 Å². The van der Waals surface area contributed by atoms with E-state index < -0.39 is 0 Å². The van der Waals surface area contributed by atoms with Crippen LogP contribution in [0.5, 0.6) is 0 Å². The number of thioether (sulfide) groups is 1. The van der Waals surface area contributed by atoms with Crippen molar-refractivity contribution in [2.24, 2.45) is 0 Å². The molecule has 20 heavy (non-hydrogen) atoms. The number of carbonyl (C=O) groups excluding carboxylic acids is 1. The smallest absolute Gasteiger partial charge is 0.230 e. The van der Waals surface area contributed by atoms with Crippen LogP contribution in [-0.2, 0) is 4.79 Å². The summed E-state index contributed by atoms with van der Waals surface area (Å²) in [6, 6.07) is 5.93. The van der Waals surface area contributed by atoms with Crippen molar-refractivity contribution in [1.82, 2.24) is 10.3 Å². The number of rotatable bonds is 5. The Morgan fingerprint density at radius 3 is 2.80 bits per heavy atom. The van der Waals surface area contributed by atoms with Gasteiger partial charge in [-0.25, -0.2) is 9.37 Å². The standard InChI is InChI=1S/C13H14FN3OS2/c1-8(9-2-4-10(14)5-3-9)17-11(18)7-19-12-6-16-13(15)20-12/h2-6,8H,7H2,1H3,(H2,15,16)(H,17,18). The zero-order valence-electron chi connectivity index (χ0n) is 10.8. The molecule has 7 heteroatoms. The molecule has 0 aliphatic heterocycles. The number of anilines is 1. The molecule has 0 bridgehead atoms. The highest BCUT2D eigenvalue weighted by atomic mass is 32.2. The molecule has 1 unspecified atom stereocenters. The van der Waals surface area contributed by atoms with Crippen molar-refractivity contribution in [3.8, 4) is 0 Å². The highest BCUT2D eigenvalue weighted by Crippen LogP contribution is 2.26. The van der Waals surface area contributed by atoms with Gasteiger partial charge in [0.2, 0.25) is 5.91 Å². The Morgan fingerprint density at radius 2 is 2.20 bits per heavy atom. The van der Waals surface area contributed by atoms with E-state index in [4.69, 9.17) is 5.73 Å². The van der Waals surface area contributed by atoms with E-state index in [1.807, 2.05) is 6.92 Å². The first-order valence-corrected chi connectivity index (χ1v) is 7.74. The third-order valence-corrected chi connectivity index (χ3v) is 4.62. The van der Waals surface area contributed by atoms with Gasteiger partial charge in [0.05, 0.1) is 22.2 Å². The summed E-state index contributed by atoms with van der Waals surface area (Å²) in [5.41, 5.74) is 6.38. The molecule has 0 saturated heterocycles. The number of nitrogens with two attached hydrogens (primary N) is 1. The number of halogens is 1. The van der Waals surface area contributed by atoms with E-state index in [2.05, 4.69) is 10.3 Å². The maximum Gasteiger partial charge on any atom is 0.230 e.